The van der Waals surface area contributed by atoms with Crippen LogP contribution in [-0.4, -0.2) is 18.0 Å². The number of methoxy groups -OCH3 is 1. The summed E-state index contributed by atoms with van der Waals surface area (Å²) in [5, 5.41) is 9.60. The van der Waals surface area contributed by atoms with Crippen molar-refractivity contribution >= 4 is 5.78 Å². The van der Waals surface area contributed by atoms with E-state index in [4.69, 9.17) is 4.74 Å². The average molecular weight is 242 g/mol. The van der Waals surface area contributed by atoms with Crippen molar-refractivity contribution in [3.63, 3.8) is 0 Å². The minimum Gasteiger partial charge on any atom is -0.507 e. The van der Waals surface area contributed by atoms with E-state index in [1.165, 1.54) is 6.07 Å². The number of hydrogen-bond donors (Lipinski definition) is 1. The van der Waals surface area contributed by atoms with Gasteiger partial charge in [-0.3, -0.25) is 4.79 Å². The van der Waals surface area contributed by atoms with Gasteiger partial charge in [0.1, 0.15) is 11.5 Å². The van der Waals surface area contributed by atoms with Crippen molar-refractivity contribution in [1.29, 1.82) is 0 Å². The molecule has 92 valence electrons. The van der Waals surface area contributed by atoms with Crippen LogP contribution in [0, 0.1) is 0 Å². The maximum atomic E-state index is 12.0. The fraction of sp³-hybridized carbons (Fsp3) is 0.133. The summed E-state index contributed by atoms with van der Waals surface area (Å²) >= 11 is 0. The van der Waals surface area contributed by atoms with Gasteiger partial charge in [-0.2, -0.15) is 0 Å². The molecule has 0 aliphatic heterocycles. The number of carbonyl (C=O) groups excluding carboxylic acids is 1. The second-order valence-corrected chi connectivity index (χ2v) is 3.97. The van der Waals surface area contributed by atoms with Gasteiger partial charge >= 0.3 is 0 Å². The number of Topliss-reactive ketones (excluding diaryl/α,β-unsaturated/α-hetero) is 1. The summed E-state index contributed by atoms with van der Waals surface area (Å²) in [5.41, 5.74) is 1.25. The van der Waals surface area contributed by atoms with Crippen LogP contribution in [0.15, 0.2) is 48.5 Å². The maximum absolute atomic E-state index is 12.0. The first-order valence-electron chi connectivity index (χ1n) is 5.65. The molecule has 0 saturated heterocycles. The van der Waals surface area contributed by atoms with E-state index in [1.54, 1.807) is 25.3 Å². The molecular weight excluding hydrogens is 228 g/mol. The molecule has 2 rings (SSSR count). The molecule has 0 aromatic heterocycles. The van der Waals surface area contributed by atoms with Crippen LogP contribution >= 0.6 is 0 Å². The number of phenols is 1. The molecule has 3 heteroatoms. The van der Waals surface area contributed by atoms with Crippen LogP contribution in [0.5, 0.6) is 11.5 Å². The van der Waals surface area contributed by atoms with E-state index >= 15 is 0 Å². The molecule has 0 bridgehead atoms. The SMILES string of the molecule is COc1ccc(CC(=O)c2ccccc2O)cc1. The van der Waals surface area contributed by atoms with Crippen molar-refractivity contribution in [2.24, 2.45) is 0 Å². The Bertz CT molecular complexity index is 544. The lowest BCUT2D eigenvalue weighted by Crippen LogP contribution is -2.03. The van der Waals surface area contributed by atoms with Crippen LogP contribution in [0.1, 0.15) is 15.9 Å². The van der Waals surface area contributed by atoms with Crippen LogP contribution < -0.4 is 4.74 Å². The fourth-order valence-electron chi connectivity index (χ4n) is 1.73. The van der Waals surface area contributed by atoms with Gasteiger partial charge in [0.05, 0.1) is 12.7 Å². The first kappa shape index (κ1) is 12.2. The highest BCUT2D eigenvalue weighted by Gasteiger charge is 2.10. The Balaban J connectivity index is 2.14. The first-order valence-corrected chi connectivity index (χ1v) is 5.65. The molecule has 2 aromatic carbocycles. The fourth-order valence-corrected chi connectivity index (χ4v) is 1.73. The molecule has 0 aliphatic carbocycles. The number of ether oxygens (including phenoxy) is 1. The third-order valence-electron chi connectivity index (χ3n) is 2.73. The van der Waals surface area contributed by atoms with Gasteiger partial charge in [-0.05, 0) is 29.8 Å². The predicted molar refractivity (Wildman–Crippen MR) is 69.1 cm³/mol. The highest BCUT2D eigenvalue weighted by atomic mass is 16.5. The Kier molecular flexibility index (Phi) is 3.63. The molecule has 2 aromatic rings. The van der Waals surface area contributed by atoms with Gasteiger partial charge in [-0.1, -0.05) is 24.3 Å². The number of ketones is 1. The molecule has 0 radical (unpaired) electrons. The lowest BCUT2D eigenvalue weighted by atomic mass is 10.0. The van der Waals surface area contributed by atoms with Gasteiger partial charge in [0.15, 0.2) is 5.78 Å². The third kappa shape index (κ3) is 2.69. The largest absolute Gasteiger partial charge is 0.507 e. The maximum Gasteiger partial charge on any atom is 0.170 e. The minimum atomic E-state index is -0.0988. The standard InChI is InChI=1S/C15H14O3/c1-18-12-8-6-11(7-9-12)10-15(17)13-4-2-3-5-14(13)16/h2-9,16H,10H2,1H3. The summed E-state index contributed by atoms with van der Waals surface area (Å²) in [6.07, 6.45) is 0.265. The molecule has 1 N–H and O–H groups in total. The van der Waals surface area contributed by atoms with E-state index in [9.17, 15) is 9.90 Å². The highest BCUT2D eigenvalue weighted by Crippen LogP contribution is 2.19. The highest BCUT2D eigenvalue weighted by molar-refractivity contribution is 5.99. The molecule has 0 atom stereocenters. The number of aromatic hydroxyl groups is 1. The zero-order valence-electron chi connectivity index (χ0n) is 10.1. The van der Waals surface area contributed by atoms with Crippen molar-refractivity contribution in [2.75, 3.05) is 7.11 Å². The molecule has 3 nitrogen and oxygen atoms in total. The van der Waals surface area contributed by atoms with Gasteiger partial charge in [-0.15, -0.1) is 0 Å². The Hall–Kier alpha value is -2.29. The van der Waals surface area contributed by atoms with Crippen molar-refractivity contribution in [3.8, 4) is 11.5 Å². The number of phenolic OH excluding ortho intramolecular Hbond substituents is 1. The van der Waals surface area contributed by atoms with Gasteiger partial charge in [0, 0.05) is 6.42 Å². The summed E-state index contributed by atoms with van der Waals surface area (Å²) in [6.45, 7) is 0. The Labute approximate surface area is 106 Å². The molecule has 18 heavy (non-hydrogen) atoms. The Morgan fingerprint density at radius 1 is 1.11 bits per heavy atom. The van der Waals surface area contributed by atoms with E-state index in [2.05, 4.69) is 0 Å². The van der Waals surface area contributed by atoms with Crippen molar-refractivity contribution in [1.82, 2.24) is 0 Å². The second-order valence-electron chi connectivity index (χ2n) is 3.97. The number of rotatable bonds is 4. The molecule has 0 spiro atoms. The van der Waals surface area contributed by atoms with Crippen molar-refractivity contribution in [2.45, 2.75) is 6.42 Å². The van der Waals surface area contributed by atoms with E-state index in [0.29, 0.717) is 5.56 Å². The van der Waals surface area contributed by atoms with E-state index in [1.807, 2.05) is 24.3 Å². The monoisotopic (exact) mass is 242 g/mol. The lowest BCUT2D eigenvalue weighted by molar-refractivity contribution is 0.0990. The van der Waals surface area contributed by atoms with Crippen LogP contribution in [-0.2, 0) is 6.42 Å². The van der Waals surface area contributed by atoms with E-state index in [0.717, 1.165) is 11.3 Å². The molecule has 0 saturated carbocycles. The van der Waals surface area contributed by atoms with Gasteiger partial charge in [-0.25, -0.2) is 0 Å². The number of benzene rings is 2. The number of hydrogen-bond acceptors (Lipinski definition) is 3. The van der Waals surface area contributed by atoms with Crippen molar-refractivity contribution < 1.29 is 14.6 Å². The second kappa shape index (κ2) is 5.36. The van der Waals surface area contributed by atoms with Gasteiger partial charge in [0.2, 0.25) is 0 Å². The minimum absolute atomic E-state index is 0.0241. The number of para-hydroxylation sites is 1. The van der Waals surface area contributed by atoms with Gasteiger partial charge in [0.25, 0.3) is 0 Å². The molecule has 0 unspecified atom stereocenters. The molecule has 0 fully saturated rings. The zero-order valence-corrected chi connectivity index (χ0v) is 10.1. The summed E-state index contributed by atoms with van der Waals surface area (Å²) < 4.78 is 5.05. The quantitative estimate of drug-likeness (QED) is 0.838. The van der Waals surface area contributed by atoms with Crippen molar-refractivity contribution in [3.05, 3.63) is 59.7 Å². The van der Waals surface area contributed by atoms with Crippen LogP contribution in [0.4, 0.5) is 0 Å². The Morgan fingerprint density at radius 3 is 2.39 bits per heavy atom. The smallest absolute Gasteiger partial charge is 0.170 e. The topological polar surface area (TPSA) is 46.5 Å². The Morgan fingerprint density at radius 2 is 1.78 bits per heavy atom. The van der Waals surface area contributed by atoms with Crippen LogP contribution in [0.2, 0.25) is 0 Å². The first-order chi connectivity index (χ1) is 8.70. The lowest BCUT2D eigenvalue weighted by Gasteiger charge is -2.05. The zero-order chi connectivity index (χ0) is 13.0. The van der Waals surface area contributed by atoms with Crippen LogP contribution in [0.25, 0.3) is 0 Å². The summed E-state index contributed by atoms with van der Waals surface area (Å²) in [5.74, 6) is 0.683. The summed E-state index contributed by atoms with van der Waals surface area (Å²) in [7, 11) is 1.60. The van der Waals surface area contributed by atoms with E-state index in [-0.39, 0.29) is 18.0 Å². The van der Waals surface area contributed by atoms with Crippen LogP contribution in [0.3, 0.4) is 0 Å². The molecule has 0 amide bonds. The number of carbonyl (C=O) groups is 1. The molecule has 0 heterocycles. The molecule has 0 aliphatic rings. The molecular formula is C15H14O3. The van der Waals surface area contributed by atoms with Gasteiger partial charge < -0.3 is 9.84 Å². The normalized spacial score (nSPS) is 10.1. The predicted octanol–water partition coefficient (Wildman–Crippen LogP) is 2.83. The third-order valence-corrected chi connectivity index (χ3v) is 2.73. The van der Waals surface area contributed by atoms with E-state index < -0.39 is 0 Å². The summed E-state index contributed by atoms with van der Waals surface area (Å²) in [4.78, 5) is 12.0. The summed E-state index contributed by atoms with van der Waals surface area (Å²) in [6, 6.07) is 13.9. The average Bonchev–Trinajstić information content (AvgIpc) is 2.40.